The molecule has 21 heavy (non-hydrogen) atoms. The number of nitrogens with zero attached hydrogens (tertiary/aromatic N) is 2. The van der Waals surface area contributed by atoms with E-state index < -0.39 is 0 Å². The number of carbonyl (C=O) groups is 1. The number of H-pyrrole nitrogens is 1. The summed E-state index contributed by atoms with van der Waals surface area (Å²) in [4.78, 5) is 26.1. The third-order valence-corrected chi connectivity index (χ3v) is 3.96. The molecule has 2 aromatic rings. The van der Waals surface area contributed by atoms with Crippen molar-refractivity contribution < 1.29 is 4.79 Å². The Labute approximate surface area is 122 Å². The molecule has 110 valence electrons. The number of rotatable bonds is 2. The van der Waals surface area contributed by atoms with Gasteiger partial charge in [-0.1, -0.05) is 6.07 Å². The summed E-state index contributed by atoms with van der Waals surface area (Å²) >= 11 is 0. The monoisotopic (exact) mass is 286 g/mol. The van der Waals surface area contributed by atoms with Crippen molar-refractivity contribution in [3.05, 3.63) is 51.2 Å². The minimum Gasteiger partial charge on any atom is -0.344 e. The van der Waals surface area contributed by atoms with Gasteiger partial charge in [-0.3, -0.25) is 14.3 Å². The Bertz CT molecular complexity index is 744. The molecule has 0 spiro atoms. The van der Waals surface area contributed by atoms with Gasteiger partial charge in [0.05, 0.1) is 11.7 Å². The van der Waals surface area contributed by atoms with Gasteiger partial charge in [0, 0.05) is 24.4 Å². The average molecular weight is 286 g/mol. The summed E-state index contributed by atoms with van der Waals surface area (Å²) in [7, 11) is 1.94. The normalized spacial score (nSPS) is 17.3. The van der Waals surface area contributed by atoms with Crippen LogP contribution in [0.25, 0.3) is 0 Å². The summed E-state index contributed by atoms with van der Waals surface area (Å²) in [6, 6.07) is 4.53. The molecule has 1 aliphatic rings. The SMILES string of the molecule is Cc1nn(C)c2c1C(NC(=O)c1cccc(=O)[nH]1)CCC2. The maximum Gasteiger partial charge on any atom is 0.268 e. The quantitative estimate of drug-likeness (QED) is 0.871. The fourth-order valence-corrected chi connectivity index (χ4v) is 3.05. The van der Waals surface area contributed by atoms with Crippen LogP contribution in [0.1, 0.15) is 46.3 Å². The Morgan fingerprint density at radius 3 is 3.05 bits per heavy atom. The molecular weight excluding hydrogens is 268 g/mol. The van der Waals surface area contributed by atoms with E-state index in [1.807, 2.05) is 18.7 Å². The first-order chi connectivity index (χ1) is 10.1. The molecule has 6 heteroatoms. The van der Waals surface area contributed by atoms with Gasteiger partial charge in [-0.05, 0) is 32.3 Å². The number of nitrogens with one attached hydrogen (secondary N) is 2. The summed E-state index contributed by atoms with van der Waals surface area (Å²) in [5, 5.41) is 7.45. The van der Waals surface area contributed by atoms with Crippen LogP contribution in [0.2, 0.25) is 0 Å². The highest BCUT2D eigenvalue weighted by Gasteiger charge is 2.27. The second-order valence-electron chi connectivity index (χ2n) is 5.42. The topological polar surface area (TPSA) is 79.8 Å². The largest absolute Gasteiger partial charge is 0.344 e. The molecule has 2 heterocycles. The van der Waals surface area contributed by atoms with E-state index in [0.717, 1.165) is 30.5 Å². The van der Waals surface area contributed by atoms with Crippen LogP contribution in [0.4, 0.5) is 0 Å². The zero-order chi connectivity index (χ0) is 15.0. The number of hydrogen-bond donors (Lipinski definition) is 2. The second kappa shape index (κ2) is 5.20. The molecule has 0 saturated carbocycles. The molecule has 0 radical (unpaired) electrons. The highest BCUT2D eigenvalue weighted by molar-refractivity contribution is 5.92. The van der Waals surface area contributed by atoms with Gasteiger partial charge in [-0.2, -0.15) is 5.10 Å². The van der Waals surface area contributed by atoms with Gasteiger partial charge in [0.25, 0.3) is 5.91 Å². The first-order valence-corrected chi connectivity index (χ1v) is 7.09. The summed E-state index contributed by atoms with van der Waals surface area (Å²) < 4.78 is 1.90. The highest BCUT2D eigenvalue weighted by Crippen LogP contribution is 2.31. The van der Waals surface area contributed by atoms with Crippen LogP contribution in [0.15, 0.2) is 23.0 Å². The number of fused-ring (bicyclic) bond motifs is 1. The van der Waals surface area contributed by atoms with Crippen molar-refractivity contribution in [2.24, 2.45) is 7.05 Å². The molecule has 0 fully saturated rings. The lowest BCUT2D eigenvalue weighted by molar-refractivity contribution is 0.0927. The molecular formula is C15H18N4O2. The van der Waals surface area contributed by atoms with E-state index in [1.165, 1.54) is 11.8 Å². The molecule has 2 N–H and O–H groups in total. The highest BCUT2D eigenvalue weighted by atomic mass is 16.2. The van der Waals surface area contributed by atoms with Crippen molar-refractivity contribution in [1.82, 2.24) is 20.1 Å². The van der Waals surface area contributed by atoms with Gasteiger partial charge < -0.3 is 10.3 Å². The zero-order valence-corrected chi connectivity index (χ0v) is 12.1. The van der Waals surface area contributed by atoms with E-state index in [4.69, 9.17) is 0 Å². The number of pyridine rings is 1. The standard InChI is InChI=1S/C15H18N4O2/c1-9-14-10(5-3-7-12(14)19(2)18-9)17-15(21)11-6-4-8-13(20)16-11/h4,6,8,10H,3,5,7H2,1-2H3,(H,16,20)(H,17,21). The molecule has 0 bridgehead atoms. The maximum atomic E-state index is 12.3. The molecule has 1 amide bonds. The number of amides is 1. The molecule has 0 aromatic carbocycles. The van der Waals surface area contributed by atoms with Crippen LogP contribution in [-0.4, -0.2) is 20.7 Å². The summed E-state index contributed by atoms with van der Waals surface area (Å²) in [5.41, 5.74) is 3.28. The molecule has 6 nitrogen and oxygen atoms in total. The molecule has 1 aliphatic carbocycles. The van der Waals surface area contributed by atoms with E-state index in [2.05, 4.69) is 15.4 Å². The first kappa shape index (κ1) is 13.6. The van der Waals surface area contributed by atoms with Crippen LogP contribution < -0.4 is 10.9 Å². The predicted octanol–water partition coefficient (Wildman–Crippen LogP) is 1.22. The van der Waals surface area contributed by atoms with Crippen LogP contribution in [0.5, 0.6) is 0 Å². The van der Waals surface area contributed by atoms with Crippen LogP contribution in [0, 0.1) is 6.92 Å². The number of aromatic nitrogens is 3. The van der Waals surface area contributed by atoms with Crippen molar-refractivity contribution in [3.63, 3.8) is 0 Å². The van der Waals surface area contributed by atoms with Crippen molar-refractivity contribution in [2.45, 2.75) is 32.2 Å². The fraction of sp³-hybridized carbons (Fsp3) is 0.400. The van der Waals surface area contributed by atoms with Gasteiger partial charge in [0.2, 0.25) is 5.56 Å². The Morgan fingerprint density at radius 2 is 2.29 bits per heavy atom. The number of aromatic amines is 1. The van der Waals surface area contributed by atoms with Crippen LogP contribution >= 0.6 is 0 Å². The number of hydrogen-bond acceptors (Lipinski definition) is 3. The van der Waals surface area contributed by atoms with Gasteiger partial charge in [0.15, 0.2) is 0 Å². The zero-order valence-electron chi connectivity index (χ0n) is 12.1. The summed E-state index contributed by atoms with van der Waals surface area (Å²) in [5.74, 6) is -0.256. The summed E-state index contributed by atoms with van der Waals surface area (Å²) in [6.07, 6.45) is 2.89. The Balaban J connectivity index is 1.87. The lowest BCUT2D eigenvalue weighted by Crippen LogP contribution is -2.32. The number of carbonyl (C=O) groups excluding carboxylic acids is 1. The van der Waals surface area contributed by atoms with Crippen LogP contribution in [-0.2, 0) is 13.5 Å². The van der Waals surface area contributed by atoms with E-state index in [0.29, 0.717) is 0 Å². The molecule has 0 aliphatic heterocycles. The Hall–Kier alpha value is -2.37. The lowest BCUT2D eigenvalue weighted by atomic mass is 9.91. The van der Waals surface area contributed by atoms with E-state index in [-0.39, 0.29) is 23.2 Å². The minimum atomic E-state index is -0.274. The average Bonchev–Trinajstić information content (AvgIpc) is 2.75. The van der Waals surface area contributed by atoms with Crippen molar-refractivity contribution >= 4 is 5.91 Å². The Kier molecular flexibility index (Phi) is 3.37. The van der Waals surface area contributed by atoms with Gasteiger partial charge >= 0.3 is 0 Å². The third kappa shape index (κ3) is 2.49. The molecule has 1 atom stereocenters. The first-order valence-electron chi connectivity index (χ1n) is 7.09. The van der Waals surface area contributed by atoms with Crippen LogP contribution in [0.3, 0.4) is 0 Å². The predicted molar refractivity (Wildman–Crippen MR) is 78.2 cm³/mol. The maximum absolute atomic E-state index is 12.3. The third-order valence-electron chi connectivity index (χ3n) is 3.96. The Morgan fingerprint density at radius 1 is 1.48 bits per heavy atom. The van der Waals surface area contributed by atoms with E-state index in [9.17, 15) is 9.59 Å². The molecule has 1 unspecified atom stereocenters. The summed E-state index contributed by atoms with van der Waals surface area (Å²) in [6.45, 7) is 1.97. The number of aryl methyl sites for hydroxylation is 2. The lowest BCUT2D eigenvalue weighted by Gasteiger charge is -2.24. The minimum absolute atomic E-state index is 0.0429. The molecule has 2 aromatic heterocycles. The van der Waals surface area contributed by atoms with Crippen molar-refractivity contribution in [2.75, 3.05) is 0 Å². The van der Waals surface area contributed by atoms with E-state index in [1.54, 1.807) is 12.1 Å². The smallest absolute Gasteiger partial charge is 0.268 e. The molecule has 3 rings (SSSR count). The van der Waals surface area contributed by atoms with E-state index >= 15 is 0 Å². The van der Waals surface area contributed by atoms with Gasteiger partial charge in [-0.15, -0.1) is 0 Å². The van der Waals surface area contributed by atoms with Crippen molar-refractivity contribution in [3.8, 4) is 0 Å². The second-order valence-corrected chi connectivity index (χ2v) is 5.42. The van der Waals surface area contributed by atoms with Gasteiger partial charge in [-0.25, -0.2) is 0 Å². The van der Waals surface area contributed by atoms with Gasteiger partial charge in [0.1, 0.15) is 5.69 Å². The fourth-order valence-electron chi connectivity index (χ4n) is 3.05. The van der Waals surface area contributed by atoms with Crippen molar-refractivity contribution in [1.29, 1.82) is 0 Å². The molecule has 0 saturated heterocycles.